The molecule has 25 heavy (non-hydrogen) atoms. The molecule has 0 unspecified atom stereocenters. The van der Waals surface area contributed by atoms with Crippen molar-refractivity contribution in [3.8, 4) is 0 Å². The highest BCUT2D eigenvalue weighted by Gasteiger charge is 2.20. The van der Waals surface area contributed by atoms with E-state index < -0.39 is 0 Å². The van der Waals surface area contributed by atoms with Gasteiger partial charge in [0.05, 0.1) is 6.42 Å². The summed E-state index contributed by atoms with van der Waals surface area (Å²) in [6.45, 7) is 4.46. The Kier molecular flexibility index (Phi) is 7.69. The number of piperazine rings is 1. The van der Waals surface area contributed by atoms with E-state index in [-0.39, 0.29) is 18.3 Å². The Labute approximate surface area is 160 Å². The maximum atomic E-state index is 12.4. The highest BCUT2D eigenvalue weighted by atomic mass is 35.5. The van der Waals surface area contributed by atoms with Crippen molar-refractivity contribution in [3.05, 3.63) is 64.9 Å². The fourth-order valence-electron chi connectivity index (χ4n) is 2.93. The molecule has 0 saturated carbocycles. The zero-order valence-electron chi connectivity index (χ0n) is 14.1. The van der Waals surface area contributed by atoms with Gasteiger partial charge in [-0.3, -0.25) is 14.7 Å². The molecule has 3 rings (SSSR count). The van der Waals surface area contributed by atoms with Gasteiger partial charge < -0.3 is 4.90 Å². The monoisotopic (exact) mass is 379 g/mol. The number of carbonyl (C=O) groups is 1. The number of halogens is 2. The van der Waals surface area contributed by atoms with E-state index >= 15 is 0 Å². The third-order valence-corrected chi connectivity index (χ3v) is 4.66. The van der Waals surface area contributed by atoms with Gasteiger partial charge in [0.1, 0.15) is 0 Å². The number of carbonyl (C=O) groups excluding carboxylic acids is 1. The lowest BCUT2D eigenvalue weighted by Gasteiger charge is -2.34. The first kappa shape index (κ1) is 19.7. The molecule has 6 heteroatoms. The van der Waals surface area contributed by atoms with E-state index in [1.54, 1.807) is 0 Å². The molecule has 0 radical (unpaired) electrons. The van der Waals surface area contributed by atoms with Crippen molar-refractivity contribution in [2.75, 3.05) is 32.7 Å². The molecule has 1 aliphatic heterocycles. The summed E-state index contributed by atoms with van der Waals surface area (Å²) >= 11 is 5.88. The molecule has 1 amide bonds. The average molecular weight is 380 g/mol. The topological polar surface area (TPSA) is 36.4 Å². The normalized spacial score (nSPS) is 14.8. The van der Waals surface area contributed by atoms with E-state index in [0.717, 1.165) is 50.4 Å². The van der Waals surface area contributed by atoms with Gasteiger partial charge in [0.2, 0.25) is 5.91 Å². The van der Waals surface area contributed by atoms with Crippen molar-refractivity contribution in [2.24, 2.45) is 0 Å². The zero-order chi connectivity index (χ0) is 16.8. The van der Waals surface area contributed by atoms with Crippen molar-refractivity contribution in [3.63, 3.8) is 0 Å². The minimum absolute atomic E-state index is 0. The van der Waals surface area contributed by atoms with Crippen LogP contribution in [0, 0.1) is 0 Å². The Morgan fingerprint density at radius 2 is 1.76 bits per heavy atom. The average Bonchev–Trinajstić information content (AvgIpc) is 2.63. The van der Waals surface area contributed by atoms with Crippen LogP contribution in [-0.4, -0.2) is 53.4 Å². The van der Waals surface area contributed by atoms with E-state index in [9.17, 15) is 4.79 Å². The van der Waals surface area contributed by atoms with Gasteiger partial charge in [-0.1, -0.05) is 29.8 Å². The van der Waals surface area contributed by atoms with Crippen LogP contribution < -0.4 is 0 Å². The number of aromatic nitrogens is 1. The molecule has 0 N–H and O–H groups in total. The summed E-state index contributed by atoms with van der Waals surface area (Å²) in [5.41, 5.74) is 2.14. The molecular weight excluding hydrogens is 357 g/mol. The minimum Gasteiger partial charge on any atom is -0.340 e. The molecule has 0 atom stereocenters. The molecule has 1 aromatic carbocycles. The highest BCUT2D eigenvalue weighted by Crippen LogP contribution is 2.12. The third-order valence-electron chi connectivity index (χ3n) is 4.40. The smallest absolute Gasteiger partial charge is 0.227 e. The van der Waals surface area contributed by atoms with E-state index in [4.69, 9.17) is 11.6 Å². The fraction of sp³-hybridized carbons (Fsp3) is 0.368. The van der Waals surface area contributed by atoms with Gasteiger partial charge in [-0.15, -0.1) is 12.4 Å². The number of benzene rings is 1. The number of amides is 1. The van der Waals surface area contributed by atoms with Gasteiger partial charge in [0.25, 0.3) is 0 Å². The largest absolute Gasteiger partial charge is 0.340 e. The molecule has 4 nitrogen and oxygen atoms in total. The summed E-state index contributed by atoms with van der Waals surface area (Å²) in [6.07, 6.45) is 3.24. The van der Waals surface area contributed by atoms with Gasteiger partial charge in [-0.2, -0.15) is 0 Å². The van der Waals surface area contributed by atoms with Crippen LogP contribution in [0.25, 0.3) is 0 Å². The van der Waals surface area contributed by atoms with Crippen molar-refractivity contribution >= 4 is 29.9 Å². The lowest BCUT2D eigenvalue weighted by molar-refractivity contribution is -0.132. The van der Waals surface area contributed by atoms with Crippen molar-refractivity contribution < 1.29 is 4.79 Å². The molecule has 0 spiro atoms. The van der Waals surface area contributed by atoms with Crippen LogP contribution in [0.2, 0.25) is 5.02 Å². The lowest BCUT2D eigenvalue weighted by atomic mass is 10.1. The van der Waals surface area contributed by atoms with E-state index in [1.807, 2.05) is 47.5 Å². The maximum absolute atomic E-state index is 12.4. The molecule has 134 valence electrons. The van der Waals surface area contributed by atoms with Crippen LogP contribution in [0.1, 0.15) is 11.3 Å². The van der Waals surface area contributed by atoms with Crippen molar-refractivity contribution in [2.45, 2.75) is 12.8 Å². The number of rotatable bonds is 5. The highest BCUT2D eigenvalue weighted by molar-refractivity contribution is 6.30. The fourth-order valence-corrected chi connectivity index (χ4v) is 3.05. The van der Waals surface area contributed by atoms with Crippen LogP contribution in [0.15, 0.2) is 48.7 Å². The molecule has 0 aliphatic carbocycles. The number of nitrogens with zero attached hydrogens (tertiary/aromatic N) is 3. The molecule has 0 bridgehead atoms. The summed E-state index contributed by atoms with van der Waals surface area (Å²) in [4.78, 5) is 21.1. The Morgan fingerprint density at radius 3 is 2.40 bits per heavy atom. The quantitative estimate of drug-likeness (QED) is 0.800. The van der Waals surface area contributed by atoms with Crippen LogP contribution in [0.3, 0.4) is 0 Å². The first-order valence-corrected chi connectivity index (χ1v) is 8.73. The van der Waals surface area contributed by atoms with Crippen molar-refractivity contribution in [1.82, 2.24) is 14.8 Å². The minimum atomic E-state index is 0. The first-order valence-electron chi connectivity index (χ1n) is 8.35. The zero-order valence-corrected chi connectivity index (χ0v) is 15.7. The Hall–Kier alpha value is -1.62. The predicted octanol–water partition coefficient (Wildman–Crippen LogP) is 3.09. The molecule has 2 heterocycles. The second-order valence-corrected chi connectivity index (χ2v) is 6.53. The number of pyridine rings is 1. The van der Waals surface area contributed by atoms with Crippen LogP contribution >= 0.6 is 24.0 Å². The molecular formula is C19H23Cl2N3O. The van der Waals surface area contributed by atoms with Gasteiger partial charge in [0.15, 0.2) is 0 Å². The van der Waals surface area contributed by atoms with Gasteiger partial charge in [-0.05, 0) is 29.8 Å². The Bertz CT molecular complexity index is 656. The summed E-state index contributed by atoms with van der Waals surface area (Å²) in [6, 6.07) is 13.5. The molecule has 1 aromatic heterocycles. The molecule has 1 aliphatic rings. The Balaban J connectivity index is 0.00000225. The summed E-state index contributed by atoms with van der Waals surface area (Å²) in [7, 11) is 0. The SMILES string of the molecule is Cl.O=C(Cc1ccc(Cl)cc1)N1CCN(CCc2ccccn2)CC1. The molecule has 2 aromatic rings. The van der Waals surface area contributed by atoms with Gasteiger partial charge >= 0.3 is 0 Å². The third kappa shape index (κ3) is 5.99. The standard InChI is InChI=1S/C19H22ClN3O.ClH/c20-17-6-4-16(5-7-17)15-19(24)23-13-11-22(12-14-23)10-8-18-3-1-2-9-21-18;/h1-7,9H,8,10-15H2;1H. The summed E-state index contributed by atoms with van der Waals surface area (Å²) in [5.74, 6) is 0.196. The summed E-state index contributed by atoms with van der Waals surface area (Å²) < 4.78 is 0. The van der Waals surface area contributed by atoms with E-state index in [2.05, 4.69) is 16.0 Å². The first-order chi connectivity index (χ1) is 11.7. The van der Waals surface area contributed by atoms with E-state index in [1.165, 1.54) is 0 Å². The second-order valence-electron chi connectivity index (χ2n) is 6.10. The molecule has 1 fully saturated rings. The second kappa shape index (κ2) is 9.76. The van der Waals surface area contributed by atoms with Crippen molar-refractivity contribution in [1.29, 1.82) is 0 Å². The Morgan fingerprint density at radius 1 is 1.04 bits per heavy atom. The predicted molar refractivity (Wildman–Crippen MR) is 103 cm³/mol. The van der Waals surface area contributed by atoms with E-state index in [0.29, 0.717) is 11.4 Å². The number of hydrogen-bond acceptors (Lipinski definition) is 3. The van der Waals surface area contributed by atoms with Gasteiger partial charge in [-0.25, -0.2) is 0 Å². The van der Waals surface area contributed by atoms with Crippen LogP contribution in [0.4, 0.5) is 0 Å². The molecule has 1 saturated heterocycles. The van der Waals surface area contributed by atoms with Gasteiger partial charge in [0, 0.05) is 56.1 Å². The summed E-state index contributed by atoms with van der Waals surface area (Å²) in [5, 5.41) is 0.702. The number of hydrogen-bond donors (Lipinski definition) is 0. The lowest BCUT2D eigenvalue weighted by Crippen LogP contribution is -2.49. The maximum Gasteiger partial charge on any atom is 0.227 e. The van der Waals surface area contributed by atoms with Crippen LogP contribution in [-0.2, 0) is 17.6 Å². The van der Waals surface area contributed by atoms with Crippen LogP contribution in [0.5, 0.6) is 0 Å².